The number of fused-ring (bicyclic) bond motifs is 6. The van der Waals surface area contributed by atoms with Crippen LogP contribution in [0.2, 0.25) is 0 Å². The summed E-state index contributed by atoms with van der Waals surface area (Å²) < 4.78 is 0. The molecule has 7 aromatic rings. The Morgan fingerprint density at radius 3 is 2.03 bits per heavy atom. The first-order valence-corrected chi connectivity index (χ1v) is 22.3. The van der Waals surface area contributed by atoms with Gasteiger partial charge in [-0.15, -0.1) is 0 Å². The van der Waals surface area contributed by atoms with E-state index in [1.165, 1.54) is 88.5 Å². The Kier molecular flexibility index (Phi) is 8.30. The summed E-state index contributed by atoms with van der Waals surface area (Å²) in [6.07, 6.45) is 7.18. The van der Waals surface area contributed by atoms with Gasteiger partial charge in [0, 0.05) is 46.4 Å². The van der Waals surface area contributed by atoms with Crippen LogP contribution in [-0.2, 0) is 20.4 Å². The maximum atomic E-state index is 12.7. The van der Waals surface area contributed by atoms with E-state index in [2.05, 4.69) is 171 Å². The summed E-state index contributed by atoms with van der Waals surface area (Å²) in [5, 5.41) is 3.98. The molecular formula is C57H46BN3O2. The van der Waals surface area contributed by atoms with Crippen molar-refractivity contribution >= 4 is 69.7 Å². The minimum absolute atomic E-state index is 0.143. The Labute approximate surface area is 369 Å². The minimum Gasteiger partial charge on any atom is -0.355 e. The van der Waals surface area contributed by atoms with Gasteiger partial charge in [-0.25, -0.2) is 0 Å². The summed E-state index contributed by atoms with van der Waals surface area (Å²) in [5.74, 6) is -0.285. The molecule has 0 spiro atoms. The predicted octanol–water partition coefficient (Wildman–Crippen LogP) is 11.3. The quantitative estimate of drug-likeness (QED) is 0.134. The van der Waals surface area contributed by atoms with Crippen LogP contribution in [0.3, 0.4) is 0 Å². The summed E-state index contributed by atoms with van der Waals surface area (Å²) in [7, 11) is 0.776. The van der Waals surface area contributed by atoms with Crippen molar-refractivity contribution in [1.82, 2.24) is 0 Å². The van der Waals surface area contributed by atoms with Gasteiger partial charge in [0.25, 0.3) is 0 Å². The molecule has 0 saturated carbocycles. The van der Waals surface area contributed by atoms with Crippen molar-refractivity contribution in [2.45, 2.75) is 57.3 Å². The molecule has 6 heteroatoms. The summed E-state index contributed by atoms with van der Waals surface area (Å²) >= 11 is 0. The molecule has 1 fully saturated rings. The first-order valence-electron chi connectivity index (χ1n) is 22.3. The highest BCUT2D eigenvalue weighted by Gasteiger charge is 2.49. The second-order valence-corrected chi connectivity index (χ2v) is 18.3. The smallest absolute Gasteiger partial charge is 0.234 e. The maximum Gasteiger partial charge on any atom is 0.234 e. The second kappa shape index (κ2) is 13.9. The topological polar surface area (TPSA) is 52.7 Å². The number of aryl methyl sites for hydroxylation is 1. The molecule has 5 nitrogen and oxygen atoms in total. The zero-order chi connectivity index (χ0) is 42.6. The molecule has 2 aliphatic carbocycles. The van der Waals surface area contributed by atoms with Crippen LogP contribution >= 0.6 is 0 Å². The van der Waals surface area contributed by atoms with E-state index < -0.39 is 5.41 Å². The number of para-hydroxylation sites is 2. The first kappa shape index (κ1) is 37.6. The number of anilines is 6. The fraction of sp³-hybridized carbons (Fsp3) is 0.158. The van der Waals surface area contributed by atoms with Crippen molar-refractivity contribution < 1.29 is 9.59 Å². The molecule has 5 aliphatic rings. The average molecular weight is 816 g/mol. The molecule has 1 saturated heterocycles. The van der Waals surface area contributed by atoms with Gasteiger partial charge in [-0.2, -0.15) is 0 Å². The number of hydrogen-bond acceptors (Lipinski definition) is 4. The lowest BCUT2D eigenvalue weighted by molar-refractivity contribution is -0.121. The molecule has 63 heavy (non-hydrogen) atoms. The summed E-state index contributed by atoms with van der Waals surface area (Å²) in [6, 6.07) is 55.4. The van der Waals surface area contributed by atoms with Crippen molar-refractivity contribution in [3.8, 4) is 11.1 Å². The fourth-order valence-corrected chi connectivity index (χ4v) is 11.7. The van der Waals surface area contributed by atoms with Gasteiger partial charge in [-0.1, -0.05) is 147 Å². The number of amides is 2. The van der Waals surface area contributed by atoms with Gasteiger partial charge in [-0.05, 0) is 112 Å². The molecule has 1 N–H and O–H groups in total. The van der Waals surface area contributed by atoms with Crippen LogP contribution in [-0.4, -0.2) is 19.1 Å². The number of imide groups is 1. The number of nitrogens with one attached hydrogen (secondary N) is 1. The van der Waals surface area contributed by atoms with Gasteiger partial charge in [-0.3, -0.25) is 14.5 Å². The van der Waals surface area contributed by atoms with Crippen LogP contribution < -0.4 is 26.0 Å². The lowest BCUT2D eigenvalue weighted by atomic mass is 9.54. The van der Waals surface area contributed by atoms with Crippen LogP contribution in [0.25, 0.3) is 16.7 Å². The highest BCUT2D eigenvalue weighted by Crippen LogP contribution is 2.59. The molecule has 0 radical (unpaired) electrons. The molecule has 0 unspecified atom stereocenters. The fourth-order valence-electron chi connectivity index (χ4n) is 11.7. The lowest BCUT2D eigenvalue weighted by Gasteiger charge is -2.49. The van der Waals surface area contributed by atoms with Crippen LogP contribution in [0.4, 0.5) is 34.1 Å². The number of allylic oxidation sites excluding steroid dienone is 4. The van der Waals surface area contributed by atoms with Gasteiger partial charge >= 0.3 is 0 Å². The number of rotatable bonds is 6. The Morgan fingerprint density at radius 2 is 1.30 bits per heavy atom. The van der Waals surface area contributed by atoms with Crippen LogP contribution in [0.1, 0.15) is 78.5 Å². The molecule has 0 atom stereocenters. The van der Waals surface area contributed by atoms with Crippen LogP contribution in [0, 0.1) is 6.92 Å². The Hall–Kier alpha value is -7.18. The number of hydrogen-bond donors (Lipinski definition) is 1. The average Bonchev–Trinajstić information content (AvgIpc) is 3.77. The summed E-state index contributed by atoms with van der Waals surface area (Å²) in [6.45, 7) is 6.94. The van der Waals surface area contributed by atoms with E-state index in [0.717, 1.165) is 37.1 Å². The highest BCUT2D eigenvalue weighted by molar-refractivity contribution is 6.73. The summed E-state index contributed by atoms with van der Waals surface area (Å²) in [4.78, 5) is 29.3. The van der Waals surface area contributed by atoms with E-state index in [1.807, 2.05) is 24.3 Å². The molecule has 304 valence electrons. The molecule has 2 amide bonds. The number of carbonyl (C=O) groups is 2. The zero-order valence-electron chi connectivity index (χ0n) is 35.8. The van der Waals surface area contributed by atoms with E-state index in [4.69, 9.17) is 0 Å². The van der Waals surface area contributed by atoms with Crippen LogP contribution in [0.15, 0.2) is 169 Å². The van der Waals surface area contributed by atoms with Crippen molar-refractivity contribution in [1.29, 1.82) is 0 Å². The van der Waals surface area contributed by atoms with Crippen LogP contribution in [0.5, 0.6) is 0 Å². The number of nitrogens with zero attached hydrogens (tertiary/aromatic N) is 2. The summed E-state index contributed by atoms with van der Waals surface area (Å²) in [5.41, 5.74) is 22.3. The third-order valence-electron chi connectivity index (χ3n) is 14.4. The second-order valence-electron chi connectivity index (χ2n) is 18.3. The Balaban J connectivity index is 1.08. The normalized spacial score (nSPS) is 17.1. The molecular weight excluding hydrogens is 769 g/mol. The number of carbonyl (C=O) groups excluding carboxylic acids is 2. The first-order chi connectivity index (χ1) is 30.7. The molecule has 0 bridgehead atoms. The third-order valence-corrected chi connectivity index (χ3v) is 14.4. The standard InChI is InChI=1S/C57H46BN3O2/c1-35-33-42(40-29-30-45-52(41-19-10-11-20-43(41)56(45,2)3)54(40)59-38-25-27-39(28-26-38)60-50(62)31-32-51(60)63)53-49(34-35)61-48-24-13-12-21-44(48)57(36-15-6-4-7-16-36,37-17-8-5-9-18-37)46-22-14-23-47(58-53)55(46)61/h4-9,11-18,20-30,33-34,58-59H,10,19,31-32H2,1-3H3. The monoisotopic (exact) mass is 815 g/mol. The third kappa shape index (κ3) is 5.37. The molecule has 7 aromatic carbocycles. The largest absolute Gasteiger partial charge is 0.355 e. The molecule has 12 rings (SSSR count). The van der Waals surface area contributed by atoms with Crippen molar-refractivity contribution in [2.24, 2.45) is 0 Å². The Morgan fingerprint density at radius 1 is 0.619 bits per heavy atom. The van der Waals surface area contributed by atoms with Crippen molar-refractivity contribution in [3.05, 3.63) is 208 Å². The molecule has 3 heterocycles. The van der Waals surface area contributed by atoms with E-state index >= 15 is 0 Å². The van der Waals surface area contributed by atoms with Crippen molar-refractivity contribution in [2.75, 3.05) is 15.1 Å². The Bertz CT molecular complexity index is 3090. The van der Waals surface area contributed by atoms with E-state index in [1.54, 1.807) is 0 Å². The maximum absolute atomic E-state index is 12.7. The SMILES string of the molecule is Cc1cc(-c2ccc3c(c2Nc2ccc(N4C(=O)CCC4=O)cc2)C2=C(C=CCC2)C3(C)C)c2c(c1)N1c3ccccc3C(c3ccccc3)(c3ccccc3)c3cccc(c31)B2. The molecule has 0 aromatic heterocycles. The predicted molar refractivity (Wildman–Crippen MR) is 259 cm³/mol. The highest BCUT2D eigenvalue weighted by atomic mass is 16.2. The van der Waals surface area contributed by atoms with E-state index in [0.29, 0.717) is 5.69 Å². The van der Waals surface area contributed by atoms with E-state index in [-0.39, 0.29) is 30.1 Å². The van der Waals surface area contributed by atoms with Crippen molar-refractivity contribution in [3.63, 3.8) is 0 Å². The van der Waals surface area contributed by atoms with Gasteiger partial charge in [0.1, 0.15) is 0 Å². The lowest BCUT2D eigenvalue weighted by Crippen LogP contribution is -2.47. The zero-order valence-corrected chi connectivity index (χ0v) is 35.8. The van der Waals surface area contributed by atoms with E-state index in [9.17, 15) is 9.59 Å². The molecule has 3 aliphatic heterocycles. The van der Waals surface area contributed by atoms with Gasteiger partial charge in [0.15, 0.2) is 7.28 Å². The van der Waals surface area contributed by atoms with Gasteiger partial charge < -0.3 is 10.2 Å². The number of benzene rings is 7. The van der Waals surface area contributed by atoms with Gasteiger partial charge in [0.2, 0.25) is 11.8 Å². The van der Waals surface area contributed by atoms with Gasteiger partial charge in [0.05, 0.1) is 22.5 Å². The minimum atomic E-state index is -0.528.